The number of aromatic hydroxyl groups is 1. The highest BCUT2D eigenvalue weighted by atomic mass is 32.1. The number of benzene rings is 1. The van der Waals surface area contributed by atoms with Crippen molar-refractivity contribution < 1.29 is 13.9 Å². The van der Waals surface area contributed by atoms with Crippen LogP contribution in [0.3, 0.4) is 0 Å². The van der Waals surface area contributed by atoms with Crippen molar-refractivity contribution in [1.82, 2.24) is 20.1 Å². The summed E-state index contributed by atoms with van der Waals surface area (Å²) in [6.45, 7) is 0. The zero-order chi connectivity index (χ0) is 22.6. The first-order valence-electron chi connectivity index (χ1n) is 10.5. The van der Waals surface area contributed by atoms with Crippen molar-refractivity contribution in [3.63, 3.8) is 0 Å². The summed E-state index contributed by atoms with van der Waals surface area (Å²) in [6.07, 6.45) is 3.04. The maximum absolute atomic E-state index is 14.9. The van der Waals surface area contributed by atoms with Gasteiger partial charge in [0, 0.05) is 44.0 Å². The molecule has 2 aliphatic heterocycles. The van der Waals surface area contributed by atoms with Crippen LogP contribution in [0.2, 0.25) is 0 Å². The Morgan fingerprint density at radius 3 is 2.84 bits per heavy atom. The molecule has 3 aromatic rings. The van der Waals surface area contributed by atoms with Gasteiger partial charge in [-0.3, -0.25) is 4.79 Å². The summed E-state index contributed by atoms with van der Waals surface area (Å²) in [4.78, 5) is 13.7. The number of phenols is 1. The summed E-state index contributed by atoms with van der Waals surface area (Å²) in [5.41, 5.74) is 0.421. The number of hydrogen-bond acceptors (Lipinski definition) is 7. The SMILES string of the molecule is CN(c1nnc(-c2cc(F)c(-c3ccn(C)c(=O)c3)cc2O)s1)C1CC2CCC(N2)C1F. The molecule has 2 N–H and O–H groups in total. The van der Waals surface area contributed by atoms with Crippen LogP contribution >= 0.6 is 11.3 Å². The zero-order valence-electron chi connectivity index (χ0n) is 17.6. The molecule has 7 nitrogen and oxygen atoms in total. The lowest BCUT2D eigenvalue weighted by Crippen LogP contribution is -2.55. The van der Waals surface area contributed by atoms with E-state index < -0.39 is 12.0 Å². The van der Waals surface area contributed by atoms with E-state index in [0.29, 0.717) is 28.2 Å². The van der Waals surface area contributed by atoms with Crippen molar-refractivity contribution in [2.24, 2.45) is 7.05 Å². The molecule has 4 unspecified atom stereocenters. The summed E-state index contributed by atoms with van der Waals surface area (Å²) in [5.74, 6) is -0.759. The van der Waals surface area contributed by atoms with Crippen LogP contribution in [0.15, 0.2) is 35.3 Å². The minimum Gasteiger partial charge on any atom is -0.507 e. The van der Waals surface area contributed by atoms with E-state index in [-0.39, 0.29) is 34.5 Å². The van der Waals surface area contributed by atoms with Gasteiger partial charge < -0.3 is 19.9 Å². The summed E-state index contributed by atoms with van der Waals surface area (Å²) >= 11 is 1.18. The van der Waals surface area contributed by atoms with Gasteiger partial charge >= 0.3 is 0 Å². The van der Waals surface area contributed by atoms with Crippen molar-refractivity contribution >= 4 is 16.5 Å². The van der Waals surface area contributed by atoms with Gasteiger partial charge in [0.15, 0.2) is 5.01 Å². The van der Waals surface area contributed by atoms with Crippen LogP contribution in [0.5, 0.6) is 5.75 Å². The minimum atomic E-state index is -1.00. The van der Waals surface area contributed by atoms with Crippen molar-refractivity contribution in [3.8, 4) is 27.4 Å². The number of anilines is 1. The number of nitrogens with zero attached hydrogens (tertiary/aromatic N) is 4. The Kier molecular flexibility index (Phi) is 5.21. The normalized spacial score (nSPS) is 24.6. The largest absolute Gasteiger partial charge is 0.507 e. The molecule has 2 saturated heterocycles. The monoisotopic (exact) mass is 459 g/mol. The molecule has 1 aromatic carbocycles. The number of piperidine rings is 1. The summed E-state index contributed by atoms with van der Waals surface area (Å²) in [6, 6.07) is 5.27. The fourth-order valence-corrected chi connectivity index (χ4v) is 5.52. The molecule has 32 heavy (non-hydrogen) atoms. The summed E-state index contributed by atoms with van der Waals surface area (Å²) < 4.78 is 31.2. The number of pyridine rings is 1. The highest BCUT2D eigenvalue weighted by molar-refractivity contribution is 7.18. The number of aromatic nitrogens is 3. The third-order valence-corrected chi connectivity index (χ3v) is 7.55. The molecule has 2 fully saturated rings. The van der Waals surface area contributed by atoms with E-state index in [1.807, 2.05) is 0 Å². The van der Waals surface area contributed by atoms with Crippen LogP contribution < -0.4 is 15.8 Å². The molecule has 2 aromatic heterocycles. The predicted octanol–water partition coefficient (Wildman–Crippen LogP) is 3.08. The molecule has 168 valence electrons. The van der Waals surface area contributed by atoms with Gasteiger partial charge in [-0.15, -0.1) is 10.2 Å². The maximum atomic E-state index is 14.9. The van der Waals surface area contributed by atoms with Crippen molar-refractivity contribution in [2.75, 3.05) is 11.9 Å². The number of halogens is 2. The lowest BCUT2D eigenvalue weighted by atomic mass is 9.97. The Morgan fingerprint density at radius 1 is 1.25 bits per heavy atom. The molecule has 2 bridgehead atoms. The first-order chi connectivity index (χ1) is 15.3. The van der Waals surface area contributed by atoms with E-state index in [9.17, 15) is 18.7 Å². The summed E-state index contributed by atoms with van der Waals surface area (Å²) in [5, 5.41) is 23.0. The average Bonchev–Trinajstić information content (AvgIpc) is 3.42. The molecule has 2 aliphatic rings. The first kappa shape index (κ1) is 21.0. The molecular formula is C22H23F2N5O2S. The third-order valence-electron chi connectivity index (χ3n) is 6.50. The van der Waals surface area contributed by atoms with Crippen LogP contribution in [-0.2, 0) is 7.05 Å². The van der Waals surface area contributed by atoms with Crippen molar-refractivity contribution in [1.29, 1.82) is 0 Å². The minimum absolute atomic E-state index is 0.122. The smallest absolute Gasteiger partial charge is 0.250 e. The number of phenolic OH excluding ortho intramolecular Hbond substituents is 1. The van der Waals surface area contributed by atoms with E-state index in [4.69, 9.17) is 0 Å². The van der Waals surface area contributed by atoms with Gasteiger partial charge in [0.2, 0.25) is 5.13 Å². The van der Waals surface area contributed by atoms with E-state index >= 15 is 0 Å². The average molecular weight is 460 g/mol. The van der Waals surface area contributed by atoms with Gasteiger partial charge in [-0.25, -0.2) is 8.78 Å². The van der Waals surface area contributed by atoms with E-state index in [2.05, 4.69) is 15.5 Å². The quantitative estimate of drug-likeness (QED) is 0.624. The van der Waals surface area contributed by atoms with Crippen LogP contribution in [0.25, 0.3) is 21.7 Å². The van der Waals surface area contributed by atoms with Gasteiger partial charge in [0.1, 0.15) is 17.7 Å². The maximum Gasteiger partial charge on any atom is 0.250 e. The molecule has 0 spiro atoms. The van der Waals surface area contributed by atoms with Crippen LogP contribution in [0.4, 0.5) is 13.9 Å². The Morgan fingerprint density at radius 2 is 2.06 bits per heavy atom. The van der Waals surface area contributed by atoms with Gasteiger partial charge in [0.05, 0.1) is 11.6 Å². The Labute approximate surface area is 187 Å². The molecule has 0 amide bonds. The van der Waals surface area contributed by atoms with Gasteiger partial charge in [0.25, 0.3) is 5.56 Å². The van der Waals surface area contributed by atoms with Crippen LogP contribution in [-0.4, -0.2) is 51.2 Å². The zero-order valence-corrected chi connectivity index (χ0v) is 18.4. The molecule has 0 aliphatic carbocycles. The number of rotatable bonds is 4. The second-order valence-corrected chi connectivity index (χ2v) is 9.47. The Bertz CT molecular complexity index is 1230. The molecule has 4 atom stereocenters. The van der Waals surface area contributed by atoms with Gasteiger partial charge in [-0.2, -0.15) is 0 Å². The predicted molar refractivity (Wildman–Crippen MR) is 119 cm³/mol. The molecule has 0 saturated carbocycles. The van der Waals surface area contributed by atoms with Gasteiger partial charge in [-0.05, 0) is 43.0 Å². The lowest BCUT2D eigenvalue weighted by Gasteiger charge is -2.38. The Balaban J connectivity index is 1.43. The lowest BCUT2D eigenvalue weighted by molar-refractivity contribution is 0.176. The van der Waals surface area contributed by atoms with Crippen molar-refractivity contribution in [3.05, 3.63) is 46.6 Å². The Hall–Kier alpha value is -2.85. The van der Waals surface area contributed by atoms with E-state index in [1.165, 1.54) is 34.1 Å². The van der Waals surface area contributed by atoms with Crippen LogP contribution in [0.1, 0.15) is 19.3 Å². The van der Waals surface area contributed by atoms with E-state index in [0.717, 1.165) is 12.8 Å². The molecule has 10 heteroatoms. The van der Waals surface area contributed by atoms with Crippen molar-refractivity contribution in [2.45, 2.75) is 43.6 Å². The number of alkyl halides is 1. The first-order valence-corrected chi connectivity index (χ1v) is 11.3. The second kappa shape index (κ2) is 7.93. The standard InChI is InChI=1S/C22H23F2N5O2S/c1-28-6-5-11(7-19(28)31)13-10-18(30)14(9-15(13)23)21-26-27-22(32-21)29(2)17-8-12-3-4-16(25-12)20(17)24/h5-7,9-10,12,16-17,20,25,30H,3-4,8H2,1-2H3. The molecule has 4 heterocycles. The highest BCUT2D eigenvalue weighted by Crippen LogP contribution is 2.40. The van der Waals surface area contributed by atoms with Gasteiger partial charge in [-0.1, -0.05) is 11.3 Å². The number of fused-ring (bicyclic) bond motifs is 2. The number of nitrogens with one attached hydrogen (secondary N) is 1. The summed E-state index contributed by atoms with van der Waals surface area (Å²) in [7, 11) is 3.40. The number of aryl methyl sites for hydroxylation is 1. The fourth-order valence-electron chi connectivity index (χ4n) is 4.63. The highest BCUT2D eigenvalue weighted by Gasteiger charge is 2.44. The molecule has 0 radical (unpaired) electrons. The third kappa shape index (κ3) is 3.57. The second-order valence-electron chi connectivity index (χ2n) is 8.51. The topological polar surface area (TPSA) is 83.3 Å². The number of hydrogen-bond donors (Lipinski definition) is 2. The molecular weight excluding hydrogens is 436 g/mol. The van der Waals surface area contributed by atoms with Crippen LogP contribution in [0, 0.1) is 5.82 Å². The molecule has 5 rings (SSSR count). The van der Waals surface area contributed by atoms with E-state index in [1.54, 1.807) is 31.3 Å². The fraction of sp³-hybridized carbons (Fsp3) is 0.409.